The Balaban J connectivity index is 1.95. The lowest BCUT2D eigenvalue weighted by Gasteiger charge is -2.06. The fourth-order valence-electron chi connectivity index (χ4n) is 2.00. The zero-order valence-corrected chi connectivity index (χ0v) is 10.8. The number of aromatic amines is 2. The number of fused-ring (bicyclic) bond motifs is 1. The Bertz CT molecular complexity index is 907. The van der Waals surface area contributed by atoms with Gasteiger partial charge in [0.1, 0.15) is 12.4 Å². The van der Waals surface area contributed by atoms with Gasteiger partial charge in [-0.05, 0) is 12.1 Å². The molecule has 0 spiro atoms. The molecule has 0 unspecified atom stereocenters. The number of para-hydroxylation sites is 1. The lowest BCUT2D eigenvalue weighted by Crippen LogP contribution is -2.38. The van der Waals surface area contributed by atoms with Crippen LogP contribution < -0.4 is 16.6 Å². The number of nitrogens with zero attached hydrogens (tertiary/aromatic N) is 2. The van der Waals surface area contributed by atoms with Gasteiger partial charge in [0.2, 0.25) is 5.91 Å². The molecule has 2 aromatic heterocycles. The van der Waals surface area contributed by atoms with Crippen LogP contribution >= 0.6 is 0 Å². The van der Waals surface area contributed by atoms with Gasteiger partial charge in [0, 0.05) is 6.07 Å². The van der Waals surface area contributed by atoms with Gasteiger partial charge in [0.25, 0.3) is 5.56 Å². The van der Waals surface area contributed by atoms with Crippen LogP contribution in [-0.4, -0.2) is 25.7 Å². The predicted octanol–water partition coefficient (Wildman–Crippen LogP) is 0.0516. The summed E-state index contributed by atoms with van der Waals surface area (Å²) >= 11 is 0. The zero-order chi connectivity index (χ0) is 14.8. The Morgan fingerprint density at radius 1 is 1.24 bits per heavy atom. The molecule has 0 fully saturated rings. The van der Waals surface area contributed by atoms with Crippen LogP contribution in [0.15, 0.2) is 46.1 Å². The Morgan fingerprint density at radius 2 is 2.05 bits per heavy atom. The van der Waals surface area contributed by atoms with E-state index in [0.717, 1.165) is 4.57 Å². The molecule has 0 saturated heterocycles. The third kappa shape index (κ3) is 2.46. The molecular formula is C13H11N5O3. The Kier molecular flexibility index (Phi) is 3.11. The molecule has 8 nitrogen and oxygen atoms in total. The number of amides is 1. The van der Waals surface area contributed by atoms with Gasteiger partial charge >= 0.3 is 5.69 Å². The van der Waals surface area contributed by atoms with Crippen LogP contribution in [0.1, 0.15) is 0 Å². The van der Waals surface area contributed by atoms with Crippen LogP contribution in [0.3, 0.4) is 0 Å². The molecule has 8 heteroatoms. The number of carbonyl (C=O) groups is 1. The van der Waals surface area contributed by atoms with Gasteiger partial charge in [0.05, 0.1) is 17.1 Å². The van der Waals surface area contributed by atoms with Crippen LogP contribution in [0.4, 0.5) is 5.82 Å². The molecule has 0 aliphatic rings. The summed E-state index contributed by atoms with van der Waals surface area (Å²) in [5.41, 5.74) is -0.690. The zero-order valence-electron chi connectivity index (χ0n) is 10.8. The van der Waals surface area contributed by atoms with Gasteiger partial charge in [-0.25, -0.2) is 4.79 Å². The van der Waals surface area contributed by atoms with Crippen molar-refractivity contribution in [3.8, 4) is 0 Å². The Hall–Kier alpha value is -3.16. The summed E-state index contributed by atoms with van der Waals surface area (Å²) < 4.78 is 0.855. The van der Waals surface area contributed by atoms with E-state index in [0.29, 0.717) is 16.7 Å². The highest BCUT2D eigenvalue weighted by Crippen LogP contribution is 2.03. The highest BCUT2D eigenvalue weighted by Gasteiger charge is 2.11. The van der Waals surface area contributed by atoms with Crippen LogP contribution in [0.5, 0.6) is 0 Å². The monoisotopic (exact) mass is 285 g/mol. The number of nitrogens with one attached hydrogen (secondary N) is 3. The topological polar surface area (TPSA) is 113 Å². The van der Waals surface area contributed by atoms with Gasteiger partial charge in [-0.15, -0.1) is 0 Å². The molecule has 106 valence electrons. The smallest absolute Gasteiger partial charge is 0.310 e. The Labute approximate surface area is 117 Å². The van der Waals surface area contributed by atoms with E-state index in [1.807, 2.05) is 0 Å². The van der Waals surface area contributed by atoms with Gasteiger partial charge < -0.3 is 10.3 Å². The second-order valence-electron chi connectivity index (χ2n) is 4.39. The van der Waals surface area contributed by atoms with Gasteiger partial charge in [0.15, 0.2) is 0 Å². The summed E-state index contributed by atoms with van der Waals surface area (Å²) in [6.45, 7) is -0.377. The number of benzene rings is 1. The molecule has 3 aromatic rings. The number of hydrogen-bond donors (Lipinski definition) is 3. The molecule has 0 bridgehead atoms. The number of hydrogen-bond acceptors (Lipinski definition) is 4. The minimum absolute atomic E-state index is 0.353. The van der Waals surface area contributed by atoms with E-state index in [4.69, 9.17) is 0 Å². The minimum atomic E-state index is -0.626. The van der Waals surface area contributed by atoms with Crippen molar-refractivity contribution in [3.05, 3.63) is 57.4 Å². The SMILES string of the molecule is O=C(Cn1c(=O)[nH]c2ccccc2c1=O)Nc1ccn[nH]1. The second-order valence-corrected chi connectivity index (χ2v) is 4.39. The first kappa shape index (κ1) is 12.9. The maximum Gasteiger partial charge on any atom is 0.329 e. The van der Waals surface area contributed by atoms with Crippen LogP contribution in [0.25, 0.3) is 10.9 Å². The highest BCUT2D eigenvalue weighted by molar-refractivity contribution is 5.89. The quantitative estimate of drug-likeness (QED) is 0.631. The summed E-state index contributed by atoms with van der Waals surface area (Å²) in [5, 5.41) is 9.10. The number of anilines is 1. The first-order chi connectivity index (χ1) is 10.1. The van der Waals surface area contributed by atoms with Crippen molar-refractivity contribution in [1.82, 2.24) is 19.7 Å². The number of rotatable bonds is 3. The van der Waals surface area contributed by atoms with Crippen LogP contribution in [0, 0.1) is 0 Å². The predicted molar refractivity (Wildman–Crippen MR) is 76.0 cm³/mol. The molecule has 0 radical (unpaired) electrons. The van der Waals surface area contributed by atoms with E-state index in [2.05, 4.69) is 20.5 Å². The largest absolute Gasteiger partial charge is 0.329 e. The maximum atomic E-state index is 12.2. The van der Waals surface area contributed by atoms with Gasteiger partial charge in [-0.2, -0.15) is 5.10 Å². The van der Waals surface area contributed by atoms with E-state index >= 15 is 0 Å². The molecule has 0 saturated carbocycles. The lowest BCUT2D eigenvalue weighted by atomic mass is 10.2. The van der Waals surface area contributed by atoms with E-state index < -0.39 is 17.2 Å². The number of H-pyrrole nitrogens is 2. The summed E-state index contributed by atoms with van der Waals surface area (Å²) in [4.78, 5) is 38.5. The first-order valence-corrected chi connectivity index (χ1v) is 6.16. The van der Waals surface area contributed by atoms with Crippen LogP contribution in [0.2, 0.25) is 0 Å². The molecule has 0 aliphatic carbocycles. The van der Waals surface area contributed by atoms with Crippen LogP contribution in [-0.2, 0) is 11.3 Å². The number of carbonyl (C=O) groups excluding carboxylic acids is 1. The third-order valence-electron chi connectivity index (χ3n) is 2.97. The summed E-state index contributed by atoms with van der Waals surface area (Å²) in [5.74, 6) is -0.104. The van der Waals surface area contributed by atoms with Crippen molar-refractivity contribution < 1.29 is 4.79 Å². The number of aromatic nitrogens is 4. The van der Waals surface area contributed by atoms with E-state index in [9.17, 15) is 14.4 Å². The lowest BCUT2D eigenvalue weighted by molar-refractivity contribution is -0.116. The average Bonchev–Trinajstić information content (AvgIpc) is 2.96. The summed E-state index contributed by atoms with van der Waals surface area (Å²) in [7, 11) is 0. The highest BCUT2D eigenvalue weighted by atomic mass is 16.2. The van der Waals surface area contributed by atoms with Crippen molar-refractivity contribution >= 4 is 22.6 Å². The van der Waals surface area contributed by atoms with Gasteiger partial charge in [-0.1, -0.05) is 12.1 Å². The molecule has 3 N–H and O–H groups in total. The fraction of sp³-hybridized carbons (Fsp3) is 0.0769. The maximum absolute atomic E-state index is 12.2. The van der Waals surface area contributed by atoms with Crippen molar-refractivity contribution in [3.63, 3.8) is 0 Å². The summed E-state index contributed by atoms with van der Waals surface area (Å²) in [6, 6.07) is 8.19. The molecule has 3 rings (SSSR count). The average molecular weight is 285 g/mol. The van der Waals surface area contributed by atoms with Crippen molar-refractivity contribution in [2.75, 3.05) is 5.32 Å². The van der Waals surface area contributed by atoms with Gasteiger partial charge in [-0.3, -0.25) is 19.3 Å². The molecular weight excluding hydrogens is 274 g/mol. The Morgan fingerprint density at radius 3 is 2.81 bits per heavy atom. The summed E-state index contributed by atoms with van der Waals surface area (Å²) in [6.07, 6.45) is 1.48. The van der Waals surface area contributed by atoms with Crippen molar-refractivity contribution in [2.45, 2.75) is 6.54 Å². The molecule has 2 heterocycles. The van der Waals surface area contributed by atoms with Crippen molar-refractivity contribution in [2.24, 2.45) is 0 Å². The van der Waals surface area contributed by atoms with E-state index in [-0.39, 0.29) is 6.54 Å². The fourth-order valence-corrected chi connectivity index (χ4v) is 2.00. The second kappa shape index (κ2) is 5.08. The first-order valence-electron chi connectivity index (χ1n) is 6.16. The van der Waals surface area contributed by atoms with E-state index in [1.165, 1.54) is 6.20 Å². The third-order valence-corrected chi connectivity index (χ3v) is 2.97. The van der Waals surface area contributed by atoms with Crippen molar-refractivity contribution in [1.29, 1.82) is 0 Å². The molecule has 0 atom stereocenters. The standard InChI is InChI=1S/C13H11N5O3/c19-11(16-10-5-6-14-17-10)7-18-12(20)8-3-1-2-4-9(8)15-13(18)21/h1-6H,7H2,(H,15,21)(H2,14,16,17,19). The normalized spacial score (nSPS) is 10.7. The molecule has 1 amide bonds. The molecule has 1 aromatic carbocycles. The van der Waals surface area contributed by atoms with E-state index in [1.54, 1.807) is 30.3 Å². The molecule has 21 heavy (non-hydrogen) atoms. The minimum Gasteiger partial charge on any atom is -0.310 e. The molecule has 0 aliphatic heterocycles.